The number of hydrogen-bond acceptors (Lipinski definition) is 4. The summed E-state index contributed by atoms with van der Waals surface area (Å²) in [6.45, 7) is 6.16. The maximum absolute atomic E-state index is 12.2. The van der Waals surface area contributed by atoms with Gasteiger partial charge in [0.05, 0.1) is 5.39 Å². The maximum Gasteiger partial charge on any atom is 0.261 e. The number of rotatable bonds is 1. The summed E-state index contributed by atoms with van der Waals surface area (Å²) in [6, 6.07) is 6.23. The Bertz CT molecular complexity index is 877. The third kappa shape index (κ3) is 1.91. The molecule has 0 amide bonds. The number of nitrogens with two attached hydrogens (primary N) is 1. The molecule has 3 aromatic rings. The molecule has 0 bridgehead atoms. The normalized spacial score (nSPS) is 11.2. The first kappa shape index (κ1) is 12.9. The molecule has 1 aromatic carbocycles. The van der Waals surface area contributed by atoms with E-state index < -0.39 is 0 Å². The van der Waals surface area contributed by atoms with Gasteiger partial charge in [-0.05, 0) is 37.5 Å². The van der Waals surface area contributed by atoms with Crippen molar-refractivity contribution in [3.05, 3.63) is 44.6 Å². The van der Waals surface area contributed by atoms with Crippen molar-refractivity contribution in [3.63, 3.8) is 0 Å². The van der Waals surface area contributed by atoms with Crippen LogP contribution in [0.15, 0.2) is 23.0 Å². The summed E-state index contributed by atoms with van der Waals surface area (Å²) in [5.74, 6) is 0.162. The Hall–Kier alpha value is -2.14. The molecule has 5 heteroatoms. The van der Waals surface area contributed by atoms with Crippen molar-refractivity contribution in [2.24, 2.45) is 0 Å². The monoisotopic (exact) mass is 285 g/mol. The van der Waals surface area contributed by atoms with Crippen LogP contribution in [0.25, 0.3) is 21.3 Å². The summed E-state index contributed by atoms with van der Waals surface area (Å²) in [5.41, 5.74) is 9.89. The largest absolute Gasteiger partial charge is 0.369 e. The van der Waals surface area contributed by atoms with Crippen molar-refractivity contribution in [2.75, 3.05) is 5.73 Å². The van der Waals surface area contributed by atoms with Crippen LogP contribution in [0.2, 0.25) is 0 Å². The van der Waals surface area contributed by atoms with E-state index in [4.69, 9.17) is 5.73 Å². The number of H-pyrrole nitrogens is 1. The Kier molecular flexibility index (Phi) is 2.87. The molecule has 0 saturated heterocycles. The lowest BCUT2D eigenvalue weighted by atomic mass is 9.99. The average Bonchev–Trinajstić information content (AvgIpc) is 2.69. The highest BCUT2D eigenvalue weighted by molar-refractivity contribution is 7.19. The average molecular weight is 285 g/mol. The zero-order chi connectivity index (χ0) is 14.4. The number of aromatic nitrogens is 2. The smallest absolute Gasteiger partial charge is 0.261 e. The molecule has 0 aliphatic carbocycles. The van der Waals surface area contributed by atoms with Crippen molar-refractivity contribution in [3.8, 4) is 11.1 Å². The predicted molar refractivity (Wildman–Crippen MR) is 84.3 cm³/mol. The Morgan fingerprint density at radius 3 is 2.65 bits per heavy atom. The molecule has 0 aliphatic rings. The molecule has 20 heavy (non-hydrogen) atoms. The van der Waals surface area contributed by atoms with Gasteiger partial charge in [-0.3, -0.25) is 9.78 Å². The van der Waals surface area contributed by atoms with Crippen molar-refractivity contribution in [1.82, 2.24) is 9.97 Å². The van der Waals surface area contributed by atoms with Crippen LogP contribution in [-0.4, -0.2) is 9.97 Å². The van der Waals surface area contributed by atoms with Crippen LogP contribution in [0, 0.1) is 20.8 Å². The van der Waals surface area contributed by atoms with Gasteiger partial charge in [0, 0.05) is 10.4 Å². The Morgan fingerprint density at radius 1 is 1.20 bits per heavy atom. The van der Waals surface area contributed by atoms with E-state index in [2.05, 4.69) is 35.9 Å². The summed E-state index contributed by atoms with van der Waals surface area (Å²) in [7, 11) is 0. The SMILES string of the molecule is Cc1ccc(-c2c(C)sc3nc(N)[nH]c(=O)c23)cc1C. The van der Waals surface area contributed by atoms with E-state index in [1.807, 2.05) is 13.0 Å². The van der Waals surface area contributed by atoms with Crippen LogP contribution >= 0.6 is 11.3 Å². The lowest BCUT2D eigenvalue weighted by Gasteiger charge is -2.05. The predicted octanol–water partition coefficient (Wildman–Crippen LogP) is 3.16. The van der Waals surface area contributed by atoms with Crippen LogP contribution in [0.3, 0.4) is 0 Å². The number of benzene rings is 1. The third-order valence-electron chi connectivity index (χ3n) is 3.55. The van der Waals surface area contributed by atoms with Gasteiger partial charge in [-0.2, -0.15) is 0 Å². The van der Waals surface area contributed by atoms with Crippen LogP contribution in [0.4, 0.5) is 5.95 Å². The number of nitrogen functional groups attached to an aromatic ring is 1. The van der Waals surface area contributed by atoms with Crippen molar-refractivity contribution in [2.45, 2.75) is 20.8 Å². The molecule has 0 saturated carbocycles. The zero-order valence-electron chi connectivity index (χ0n) is 11.6. The number of nitrogens with one attached hydrogen (secondary N) is 1. The number of fused-ring (bicyclic) bond motifs is 1. The fourth-order valence-corrected chi connectivity index (χ4v) is 3.43. The van der Waals surface area contributed by atoms with Gasteiger partial charge in [-0.1, -0.05) is 18.2 Å². The van der Waals surface area contributed by atoms with Crippen LogP contribution < -0.4 is 11.3 Å². The molecule has 102 valence electrons. The van der Waals surface area contributed by atoms with E-state index in [9.17, 15) is 4.79 Å². The topological polar surface area (TPSA) is 71.8 Å². The van der Waals surface area contributed by atoms with Gasteiger partial charge < -0.3 is 5.73 Å². The highest BCUT2D eigenvalue weighted by atomic mass is 32.1. The van der Waals surface area contributed by atoms with E-state index in [0.29, 0.717) is 10.2 Å². The molecule has 4 nitrogen and oxygen atoms in total. The second kappa shape index (κ2) is 4.45. The van der Waals surface area contributed by atoms with Crippen LogP contribution in [0.5, 0.6) is 0 Å². The standard InChI is InChI=1S/C15H15N3OS/c1-7-4-5-10(6-8(7)2)11-9(3)20-14-12(11)13(19)17-15(16)18-14/h4-6H,1-3H3,(H3,16,17,18,19). The maximum atomic E-state index is 12.2. The first-order valence-corrected chi connectivity index (χ1v) is 7.15. The van der Waals surface area contributed by atoms with Crippen molar-refractivity contribution < 1.29 is 0 Å². The Labute approximate surface area is 120 Å². The van der Waals surface area contributed by atoms with Gasteiger partial charge in [0.15, 0.2) is 0 Å². The summed E-state index contributed by atoms with van der Waals surface area (Å²) < 4.78 is 0. The lowest BCUT2D eigenvalue weighted by Crippen LogP contribution is -2.10. The van der Waals surface area contributed by atoms with Crippen molar-refractivity contribution in [1.29, 1.82) is 0 Å². The van der Waals surface area contributed by atoms with Crippen molar-refractivity contribution >= 4 is 27.5 Å². The van der Waals surface area contributed by atoms with Crippen LogP contribution in [0.1, 0.15) is 16.0 Å². The molecular formula is C15H15N3OS. The number of hydrogen-bond donors (Lipinski definition) is 2. The fourth-order valence-electron chi connectivity index (χ4n) is 2.38. The molecule has 0 aliphatic heterocycles. The van der Waals surface area contributed by atoms with E-state index in [0.717, 1.165) is 16.0 Å². The molecule has 0 radical (unpaired) electrons. The number of aryl methyl sites for hydroxylation is 3. The van der Waals surface area contributed by atoms with Crippen LogP contribution in [-0.2, 0) is 0 Å². The first-order valence-electron chi connectivity index (χ1n) is 6.34. The number of thiophene rings is 1. The highest BCUT2D eigenvalue weighted by Gasteiger charge is 2.16. The molecule has 2 heterocycles. The highest BCUT2D eigenvalue weighted by Crippen LogP contribution is 2.36. The Balaban J connectivity index is 2.38. The van der Waals surface area contributed by atoms with Gasteiger partial charge in [-0.25, -0.2) is 4.98 Å². The minimum absolute atomic E-state index is 0.162. The second-order valence-electron chi connectivity index (χ2n) is 4.96. The minimum Gasteiger partial charge on any atom is -0.369 e. The van der Waals surface area contributed by atoms with Gasteiger partial charge >= 0.3 is 0 Å². The summed E-state index contributed by atoms with van der Waals surface area (Å²) >= 11 is 1.50. The third-order valence-corrected chi connectivity index (χ3v) is 4.55. The molecule has 3 N–H and O–H groups in total. The van der Waals surface area contributed by atoms with Gasteiger partial charge in [0.2, 0.25) is 5.95 Å². The van der Waals surface area contributed by atoms with E-state index in [1.165, 1.54) is 22.5 Å². The molecule has 0 unspecified atom stereocenters. The van der Waals surface area contributed by atoms with Gasteiger partial charge in [0.1, 0.15) is 4.83 Å². The molecule has 0 spiro atoms. The minimum atomic E-state index is -0.176. The van der Waals surface area contributed by atoms with Gasteiger partial charge in [0.25, 0.3) is 5.56 Å². The van der Waals surface area contributed by atoms with E-state index >= 15 is 0 Å². The Morgan fingerprint density at radius 2 is 1.95 bits per heavy atom. The van der Waals surface area contributed by atoms with E-state index in [-0.39, 0.29) is 11.5 Å². The molecular weight excluding hydrogens is 270 g/mol. The summed E-state index contributed by atoms with van der Waals surface area (Å²) in [6.07, 6.45) is 0. The molecule has 2 aromatic heterocycles. The number of aromatic amines is 1. The number of nitrogens with zero attached hydrogens (tertiary/aromatic N) is 1. The quantitative estimate of drug-likeness (QED) is 0.721. The first-order chi connectivity index (χ1) is 9.47. The van der Waals surface area contributed by atoms with Gasteiger partial charge in [-0.15, -0.1) is 11.3 Å². The molecule has 3 rings (SSSR count). The summed E-state index contributed by atoms with van der Waals surface area (Å²) in [5, 5.41) is 0.630. The molecule has 0 atom stereocenters. The zero-order valence-corrected chi connectivity index (χ0v) is 12.4. The summed E-state index contributed by atoms with van der Waals surface area (Å²) in [4.78, 5) is 20.8. The lowest BCUT2D eigenvalue weighted by molar-refractivity contribution is 1.20. The fraction of sp³-hybridized carbons (Fsp3) is 0.200. The molecule has 0 fully saturated rings. The van der Waals surface area contributed by atoms with E-state index in [1.54, 1.807) is 0 Å². The second-order valence-corrected chi connectivity index (χ2v) is 6.17. The number of anilines is 1.